The lowest BCUT2D eigenvalue weighted by Gasteiger charge is -2.37. The zero-order valence-corrected chi connectivity index (χ0v) is 14.5. The van der Waals surface area contributed by atoms with Crippen molar-refractivity contribution in [2.75, 3.05) is 39.3 Å². The Morgan fingerprint density at radius 2 is 1.79 bits per heavy atom. The molecule has 1 aromatic heterocycles. The molecular weight excluding hydrogens is 326 g/mol. The summed E-state index contributed by atoms with van der Waals surface area (Å²) in [7, 11) is 0. The number of carbonyl (C=O) groups is 3. The van der Waals surface area contributed by atoms with Crippen LogP contribution in [0.15, 0.2) is 17.5 Å². The van der Waals surface area contributed by atoms with Crippen molar-refractivity contribution < 1.29 is 14.4 Å². The minimum atomic E-state index is 0.0126. The molecule has 7 heteroatoms. The van der Waals surface area contributed by atoms with Crippen molar-refractivity contribution in [3.8, 4) is 0 Å². The Balaban J connectivity index is 1.45. The summed E-state index contributed by atoms with van der Waals surface area (Å²) in [6, 6.07) is 3.94. The minimum Gasteiger partial charge on any atom is -0.342 e. The van der Waals surface area contributed by atoms with Gasteiger partial charge in [-0.1, -0.05) is 6.07 Å². The van der Waals surface area contributed by atoms with Crippen LogP contribution in [0, 0.1) is 5.92 Å². The molecule has 0 saturated carbocycles. The van der Waals surface area contributed by atoms with E-state index in [2.05, 4.69) is 0 Å². The van der Waals surface area contributed by atoms with Crippen LogP contribution in [-0.2, 0) is 20.8 Å². The third-order valence-corrected chi connectivity index (χ3v) is 5.75. The molecule has 0 bridgehead atoms. The molecule has 2 aliphatic heterocycles. The van der Waals surface area contributed by atoms with Crippen molar-refractivity contribution >= 4 is 29.6 Å². The second kappa shape index (κ2) is 7.79. The minimum absolute atomic E-state index is 0.0126. The van der Waals surface area contributed by atoms with Crippen LogP contribution in [0.2, 0.25) is 0 Å². The first kappa shape index (κ1) is 17.0. The van der Waals surface area contributed by atoms with Crippen LogP contribution in [0.5, 0.6) is 0 Å². The molecule has 0 spiro atoms. The number of hydrogen-bond acceptors (Lipinski definition) is 4. The number of carbonyl (C=O) groups excluding carboxylic acids is 3. The topological polar surface area (TPSA) is 60.9 Å². The van der Waals surface area contributed by atoms with Gasteiger partial charge in [0.25, 0.3) is 0 Å². The Morgan fingerprint density at radius 3 is 2.38 bits per heavy atom. The molecule has 3 rings (SSSR count). The maximum atomic E-state index is 12.6. The predicted octanol–water partition coefficient (Wildman–Crippen LogP) is 0.830. The molecular formula is C17H23N3O3S. The van der Waals surface area contributed by atoms with Crippen molar-refractivity contribution in [2.24, 2.45) is 5.92 Å². The van der Waals surface area contributed by atoms with E-state index in [1.54, 1.807) is 16.2 Å². The normalized spacial score (nSPS) is 19.4. The van der Waals surface area contributed by atoms with Gasteiger partial charge in [0.1, 0.15) is 0 Å². The second-order valence-electron chi connectivity index (χ2n) is 6.38. The molecule has 6 nitrogen and oxygen atoms in total. The van der Waals surface area contributed by atoms with Crippen LogP contribution in [0.3, 0.4) is 0 Å². The molecule has 3 heterocycles. The molecule has 0 aromatic carbocycles. The number of nitrogens with zero attached hydrogens (tertiary/aromatic N) is 3. The Bertz CT molecular complexity index is 574. The largest absolute Gasteiger partial charge is 0.342 e. The summed E-state index contributed by atoms with van der Waals surface area (Å²) in [4.78, 5) is 42.2. The summed E-state index contributed by atoms with van der Waals surface area (Å²) in [5.41, 5.74) is 0. The summed E-state index contributed by atoms with van der Waals surface area (Å²) < 4.78 is 0. The van der Waals surface area contributed by atoms with Gasteiger partial charge in [0.2, 0.25) is 18.2 Å². The average molecular weight is 349 g/mol. The molecule has 0 atom stereocenters. The lowest BCUT2D eigenvalue weighted by atomic mass is 9.94. The summed E-state index contributed by atoms with van der Waals surface area (Å²) in [6.45, 7) is 3.80. The Labute approximate surface area is 146 Å². The molecule has 0 radical (unpaired) electrons. The van der Waals surface area contributed by atoms with Crippen LogP contribution in [0.4, 0.5) is 0 Å². The average Bonchev–Trinajstić information content (AvgIpc) is 3.14. The third kappa shape index (κ3) is 3.95. The van der Waals surface area contributed by atoms with Gasteiger partial charge in [0.05, 0.1) is 6.42 Å². The van der Waals surface area contributed by atoms with Gasteiger partial charge in [-0.2, -0.15) is 0 Å². The summed E-state index contributed by atoms with van der Waals surface area (Å²) >= 11 is 1.60. The van der Waals surface area contributed by atoms with E-state index in [0.717, 1.165) is 24.1 Å². The summed E-state index contributed by atoms with van der Waals surface area (Å²) in [5, 5.41) is 1.98. The highest BCUT2D eigenvalue weighted by Gasteiger charge is 2.31. The fourth-order valence-corrected chi connectivity index (χ4v) is 4.05. The highest BCUT2D eigenvalue weighted by molar-refractivity contribution is 7.10. The Morgan fingerprint density at radius 1 is 1.08 bits per heavy atom. The number of thiophene rings is 1. The van der Waals surface area contributed by atoms with E-state index in [0.29, 0.717) is 45.7 Å². The van der Waals surface area contributed by atoms with Gasteiger partial charge in [-0.3, -0.25) is 14.4 Å². The van der Waals surface area contributed by atoms with Crippen molar-refractivity contribution in [1.29, 1.82) is 0 Å². The maximum Gasteiger partial charge on any atom is 0.227 e. The number of rotatable bonds is 4. The van der Waals surface area contributed by atoms with Gasteiger partial charge >= 0.3 is 0 Å². The number of piperidine rings is 1. The van der Waals surface area contributed by atoms with Crippen molar-refractivity contribution in [3.63, 3.8) is 0 Å². The van der Waals surface area contributed by atoms with E-state index in [4.69, 9.17) is 0 Å². The molecule has 0 aliphatic carbocycles. The van der Waals surface area contributed by atoms with Crippen LogP contribution in [0.1, 0.15) is 17.7 Å². The first-order valence-electron chi connectivity index (χ1n) is 8.45. The predicted molar refractivity (Wildman–Crippen MR) is 91.5 cm³/mol. The Kier molecular flexibility index (Phi) is 5.50. The molecule has 0 unspecified atom stereocenters. The number of piperazine rings is 1. The summed E-state index contributed by atoms with van der Waals surface area (Å²) in [5.74, 6) is 0.354. The number of likely N-dealkylation sites (tertiary alicyclic amines) is 1. The zero-order valence-electron chi connectivity index (χ0n) is 13.7. The smallest absolute Gasteiger partial charge is 0.227 e. The first-order valence-corrected chi connectivity index (χ1v) is 9.33. The molecule has 1 aromatic rings. The van der Waals surface area contributed by atoms with E-state index in [1.807, 2.05) is 27.3 Å². The molecule has 2 fully saturated rings. The molecule has 130 valence electrons. The van der Waals surface area contributed by atoms with Gasteiger partial charge in [0, 0.05) is 50.1 Å². The van der Waals surface area contributed by atoms with Crippen molar-refractivity contribution in [3.05, 3.63) is 22.4 Å². The van der Waals surface area contributed by atoms with Crippen molar-refractivity contribution in [2.45, 2.75) is 19.3 Å². The van der Waals surface area contributed by atoms with E-state index >= 15 is 0 Å². The molecule has 3 amide bonds. The highest BCUT2D eigenvalue weighted by atomic mass is 32.1. The van der Waals surface area contributed by atoms with E-state index < -0.39 is 0 Å². The molecule has 2 saturated heterocycles. The van der Waals surface area contributed by atoms with Gasteiger partial charge in [0.15, 0.2) is 0 Å². The molecule has 2 aliphatic rings. The van der Waals surface area contributed by atoms with Gasteiger partial charge in [-0.25, -0.2) is 0 Å². The maximum absolute atomic E-state index is 12.6. The quantitative estimate of drug-likeness (QED) is 0.757. The molecule has 0 N–H and O–H groups in total. The SMILES string of the molecule is O=CN1CCN(C(=O)C2CCN(C(=O)Cc3cccs3)CC2)CC1. The van der Waals surface area contributed by atoms with Crippen LogP contribution in [-0.4, -0.2) is 72.2 Å². The fraction of sp³-hybridized carbons (Fsp3) is 0.588. The zero-order chi connectivity index (χ0) is 16.9. The summed E-state index contributed by atoms with van der Waals surface area (Å²) in [6.07, 6.45) is 2.79. The van der Waals surface area contributed by atoms with Gasteiger partial charge in [-0.05, 0) is 24.3 Å². The lowest BCUT2D eigenvalue weighted by Crippen LogP contribution is -2.51. The van der Waals surface area contributed by atoms with Crippen LogP contribution < -0.4 is 0 Å². The van der Waals surface area contributed by atoms with Crippen LogP contribution >= 0.6 is 11.3 Å². The fourth-order valence-electron chi connectivity index (χ4n) is 3.36. The third-order valence-electron chi connectivity index (χ3n) is 4.88. The Hall–Kier alpha value is -1.89. The molecule has 24 heavy (non-hydrogen) atoms. The monoisotopic (exact) mass is 349 g/mol. The standard InChI is InChI=1S/C17H23N3O3S/c21-13-18-7-9-20(10-8-18)17(23)14-3-5-19(6-4-14)16(22)12-15-2-1-11-24-15/h1-2,11,13-14H,3-10,12H2. The van der Waals surface area contributed by atoms with Crippen LogP contribution in [0.25, 0.3) is 0 Å². The lowest BCUT2D eigenvalue weighted by molar-refractivity contribution is -0.142. The first-order chi connectivity index (χ1) is 11.7. The van der Waals surface area contributed by atoms with Gasteiger partial charge < -0.3 is 14.7 Å². The second-order valence-corrected chi connectivity index (χ2v) is 7.41. The van der Waals surface area contributed by atoms with E-state index in [9.17, 15) is 14.4 Å². The van der Waals surface area contributed by atoms with E-state index in [1.165, 1.54) is 0 Å². The highest BCUT2D eigenvalue weighted by Crippen LogP contribution is 2.21. The van der Waals surface area contributed by atoms with Gasteiger partial charge in [-0.15, -0.1) is 11.3 Å². The van der Waals surface area contributed by atoms with E-state index in [-0.39, 0.29) is 17.7 Å². The van der Waals surface area contributed by atoms with Crippen molar-refractivity contribution in [1.82, 2.24) is 14.7 Å². The number of hydrogen-bond donors (Lipinski definition) is 0. The number of amides is 3.